The van der Waals surface area contributed by atoms with Gasteiger partial charge >= 0.3 is 17.8 Å². The van der Waals surface area contributed by atoms with Crippen LogP contribution in [-0.2, 0) is 14.4 Å². The molecule has 0 heterocycles. The summed E-state index contributed by atoms with van der Waals surface area (Å²) < 4.78 is 0. The molecule has 10 heteroatoms. The molecule has 0 saturated heterocycles. The van der Waals surface area contributed by atoms with E-state index in [4.69, 9.17) is 10.9 Å². The fraction of sp³-hybridized carbons (Fsp3) is 0.438. The number of aliphatic carboxylic acids is 1. The highest BCUT2D eigenvalue weighted by Crippen LogP contribution is 2.39. The molecule has 5 N–H and O–H groups in total. The molecule has 0 spiro atoms. The Balaban J connectivity index is 2.13. The molecular formula is C16H20N4O6. The van der Waals surface area contributed by atoms with Crippen molar-refractivity contribution in [2.45, 2.75) is 38.0 Å². The standard InChI is InChI=1S/C16H20N4O6/c17-19-16(24)15(23)18-12-6-5-11(8-13(12)20(25)26)10-3-1-9(2-4-10)7-14(21)22/h5-6,8-10H,1-4,7,17H2,(H,18,23)(H,19,24)(H,21,22)/t9-,10-. The lowest BCUT2D eigenvalue weighted by Gasteiger charge is -2.28. The number of nitrogens with two attached hydrogens (primary N) is 1. The van der Waals surface area contributed by atoms with Gasteiger partial charge in [-0.15, -0.1) is 0 Å². The maximum absolute atomic E-state index is 11.6. The Morgan fingerprint density at radius 3 is 2.38 bits per heavy atom. The molecule has 1 fully saturated rings. The summed E-state index contributed by atoms with van der Waals surface area (Å²) in [5.41, 5.74) is 2.01. The van der Waals surface area contributed by atoms with E-state index in [1.165, 1.54) is 12.1 Å². The van der Waals surface area contributed by atoms with Crippen LogP contribution in [0.15, 0.2) is 18.2 Å². The largest absolute Gasteiger partial charge is 0.481 e. The van der Waals surface area contributed by atoms with Crippen LogP contribution in [0.3, 0.4) is 0 Å². The third kappa shape index (κ3) is 4.76. The van der Waals surface area contributed by atoms with Gasteiger partial charge in [0.25, 0.3) is 5.69 Å². The zero-order valence-electron chi connectivity index (χ0n) is 13.9. The van der Waals surface area contributed by atoms with Crippen molar-refractivity contribution in [1.29, 1.82) is 0 Å². The summed E-state index contributed by atoms with van der Waals surface area (Å²) in [5, 5.41) is 22.3. The van der Waals surface area contributed by atoms with Crippen LogP contribution >= 0.6 is 0 Å². The van der Waals surface area contributed by atoms with E-state index in [9.17, 15) is 24.5 Å². The van der Waals surface area contributed by atoms with Gasteiger partial charge in [-0.2, -0.15) is 0 Å². The molecule has 0 atom stereocenters. The summed E-state index contributed by atoms with van der Waals surface area (Å²) in [7, 11) is 0. The molecule has 0 aromatic heterocycles. The minimum atomic E-state index is -1.11. The molecule has 1 aromatic carbocycles. The number of nitrogens with zero attached hydrogens (tertiary/aromatic N) is 1. The van der Waals surface area contributed by atoms with Gasteiger partial charge in [0.1, 0.15) is 5.69 Å². The van der Waals surface area contributed by atoms with E-state index < -0.39 is 22.7 Å². The Labute approximate surface area is 148 Å². The number of carbonyl (C=O) groups excluding carboxylic acids is 2. The van der Waals surface area contributed by atoms with Crippen molar-refractivity contribution in [3.63, 3.8) is 0 Å². The summed E-state index contributed by atoms with van der Waals surface area (Å²) >= 11 is 0. The maximum Gasteiger partial charge on any atom is 0.323 e. The number of rotatable bonds is 5. The maximum atomic E-state index is 11.6. The predicted octanol–water partition coefficient (Wildman–Crippen LogP) is 1.27. The third-order valence-electron chi connectivity index (χ3n) is 4.59. The van der Waals surface area contributed by atoms with Crippen LogP contribution in [0.2, 0.25) is 0 Å². The quantitative estimate of drug-likeness (QED) is 0.201. The van der Waals surface area contributed by atoms with Crippen LogP contribution in [0.4, 0.5) is 11.4 Å². The fourth-order valence-electron chi connectivity index (χ4n) is 3.25. The summed E-state index contributed by atoms with van der Waals surface area (Å²) in [4.78, 5) is 44.2. The van der Waals surface area contributed by atoms with E-state index in [2.05, 4.69) is 5.32 Å². The van der Waals surface area contributed by atoms with Crippen LogP contribution in [0.5, 0.6) is 0 Å². The van der Waals surface area contributed by atoms with Gasteiger partial charge in [-0.3, -0.25) is 29.9 Å². The van der Waals surface area contributed by atoms with Gasteiger partial charge in [0, 0.05) is 12.5 Å². The molecule has 2 rings (SSSR count). The SMILES string of the molecule is NNC(=O)C(=O)Nc1ccc([C@H]2CC[C@H](CC(=O)O)CC2)cc1[N+](=O)[O-]. The van der Waals surface area contributed by atoms with Crippen LogP contribution in [-0.4, -0.2) is 27.8 Å². The summed E-state index contributed by atoms with van der Waals surface area (Å²) in [6.07, 6.45) is 3.13. The lowest BCUT2D eigenvalue weighted by molar-refractivity contribution is -0.384. The first kappa shape index (κ1) is 19.3. The number of benzene rings is 1. The number of nitrogens with one attached hydrogen (secondary N) is 2. The van der Waals surface area contributed by atoms with Crippen molar-refractivity contribution in [3.8, 4) is 0 Å². The van der Waals surface area contributed by atoms with Crippen molar-refractivity contribution >= 4 is 29.2 Å². The van der Waals surface area contributed by atoms with Crippen molar-refractivity contribution < 1.29 is 24.4 Å². The van der Waals surface area contributed by atoms with Crippen LogP contribution < -0.4 is 16.6 Å². The average molecular weight is 364 g/mol. The number of hydrogen-bond acceptors (Lipinski definition) is 6. The number of hydrogen-bond donors (Lipinski definition) is 4. The molecule has 0 aliphatic heterocycles. The highest BCUT2D eigenvalue weighted by molar-refractivity contribution is 6.39. The van der Waals surface area contributed by atoms with Crippen molar-refractivity contribution in [1.82, 2.24) is 5.43 Å². The molecule has 1 saturated carbocycles. The first-order chi connectivity index (χ1) is 12.3. The predicted molar refractivity (Wildman–Crippen MR) is 91.0 cm³/mol. The number of amides is 2. The van der Waals surface area contributed by atoms with E-state index >= 15 is 0 Å². The zero-order valence-corrected chi connectivity index (χ0v) is 13.9. The molecule has 10 nitrogen and oxygen atoms in total. The second kappa shape index (κ2) is 8.39. The molecule has 1 aliphatic carbocycles. The summed E-state index contributed by atoms with van der Waals surface area (Å²) in [6, 6.07) is 4.45. The van der Waals surface area contributed by atoms with Crippen LogP contribution in [0.25, 0.3) is 0 Å². The normalized spacial score (nSPS) is 19.4. The number of carboxylic acids is 1. The smallest absolute Gasteiger partial charge is 0.323 e. The Morgan fingerprint density at radius 1 is 1.19 bits per heavy atom. The first-order valence-corrected chi connectivity index (χ1v) is 8.13. The molecule has 0 bridgehead atoms. The second-order valence-electron chi connectivity index (χ2n) is 6.28. The number of carbonyl (C=O) groups is 3. The zero-order chi connectivity index (χ0) is 19.3. The summed E-state index contributed by atoms with van der Waals surface area (Å²) in [5.74, 6) is 2.06. The molecule has 140 valence electrons. The highest BCUT2D eigenvalue weighted by atomic mass is 16.6. The van der Waals surface area contributed by atoms with E-state index in [0.29, 0.717) is 0 Å². The monoisotopic (exact) mass is 364 g/mol. The Bertz CT molecular complexity index is 727. The van der Waals surface area contributed by atoms with E-state index in [1.807, 2.05) is 0 Å². The molecule has 0 radical (unpaired) electrons. The number of hydrazine groups is 1. The minimum absolute atomic E-state index is 0.0908. The van der Waals surface area contributed by atoms with E-state index in [1.54, 1.807) is 11.5 Å². The molecule has 0 unspecified atom stereocenters. The Morgan fingerprint density at radius 2 is 1.85 bits per heavy atom. The molecule has 1 aliphatic rings. The first-order valence-electron chi connectivity index (χ1n) is 8.13. The third-order valence-corrected chi connectivity index (χ3v) is 4.59. The van der Waals surface area contributed by atoms with Crippen molar-refractivity contribution in [2.24, 2.45) is 11.8 Å². The number of carboxylic acid groups (broad SMARTS) is 1. The van der Waals surface area contributed by atoms with E-state index in [0.717, 1.165) is 31.2 Å². The summed E-state index contributed by atoms with van der Waals surface area (Å²) in [6.45, 7) is 0. The second-order valence-corrected chi connectivity index (χ2v) is 6.28. The van der Waals surface area contributed by atoms with Gasteiger partial charge < -0.3 is 10.4 Å². The molecule has 26 heavy (non-hydrogen) atoms. The van der Waals surface area contributed by atoms with Crippen molar-refractivity contribution in [2.75, 3.05) is 5.32 Å². The number of nitro benzene ring substituents is 1. The van der Waals surface area contributed by atoms with Gasteiger partial charge in [-0.1, -0.05) is 6.07 Å². The molecule has 1 aromatic rings. The lowest BCUT2D eigenvalue weighted by Crippen LogP contribution is -2.39. The van der Waals surface area contributed by atoms with Gasteiger partial charge in [0.05, 0.1) is 4.92 Å². The van der Waals surface area contributed by atoms with Crippen molar-refractivity contribution in [3.05, 3.63) is 33.9 Å². The van der Waals surface area contributed by atoms with Crippen LogP contribution in [0, 0.1) is 16.0 Å². The number of anilines is 1. The van der Waals surface area contributed by atoms with E-state index in [-0.39, 0.29) is 29.6 Å². The van der Waals surface area contributed by atoms with Crippen LogP contribution in [0.1, 0.15) is 43.6 Å². The topological polar surface area (TPSA) is 165 Å². The lowest BCUT2D eigenvalue weighted by atomic mass is 9.77. The van der Waals surface area contributed by atoms with Gasteiger partial charge in [0.2, 0.25) is 0 Å². The minimum Gasteiger partial charge on any atom is -0.481 e. The fourth-order valence-corrected chi connectivity index (χ4v) is 3.25. The number of nitro groups is 1. The highest BCUT2D eigenvalue weighted by Gasteiger charge is 2.26. The molecule has 2 amide bonds. The Kier molecular flexibility index (Phi) is 6.23. The van der Waals surface area contributed by atoms with Gasteiger partial charge in [-0.25, -0.2) is 5.84 Å². The molecular weight excluding hydrogens is 344 g/mol. The van der Waals surface area contributed by atoms with Gasteiger partial charge in [0.15, 0.2) is 0 Å². The average Bonchev–Trinajstić information content (AvgIpc) is 2.61. The van der Waals surface area contributed by atoms with Gasteiger partial charge in [-0.05, 0) is 49.1 Å². The Hall–Kier alpha value is -3.01.